The van der Waals surface area contributed by atoms with Crippen LogP contribution in [0.1, 0.15) is 26.7 Å². The highest BCUT2D eigenvalue weighted by molar-refractivity contribution is 9.10. The van der Waals surface area contributed by atoms with Gasteiger partial charge >= 0.3 is 0 Å². The topological polar surface area (TPSA) is 12.0 Å². The molecule has 0 fully saturated rings. The third-order valence-corrected chi connectivity index (χ3v) is 2.77. The molecule has 78 valence electrons. The largest absolute Gasteiger partial charge is 0.380 e. The van der Waals surface area contributed by atoms with Gasteiger partial charge in [-0.05, 0) is 31.0 Å². The molecule has 1 aromatic carbocycles. The SMILES string of the molecule is CCC(CC)Nc1cc(Br)ccc1F. The van der Waals surface area contributed by atoms with E-state index in [9.17, 15) is 4.39 Å². The van der Waals surface area contributed by atoms with Crippen LogP contribution < -0.4 is 5.32 Å². The van der Waals surface area contributed by atoms with Crippen LogP contribution in [0.3, 0.4) is 0 Å². The van der Waals surface area contributed by atoms with E-state index in [1.807, 2.05) is 0 Å². The lowest BCUT2D eigenvalue weighted by molar-refractivity contribution is 0.615. The number of hydrogen-bond donors (Lipinski definition) is 1. The number of halogens is 2. The van der Waals surface area contributed by atoms with Crippen LogP contribution in [0.25, 0.3) is 0 Å². The third kappa shape index (κ3) is 2.98. The fraction of sp³-hybridized carbons (Fsp3) is 0.455. The first kappa shape index (κ1) is 11.5. The zero-order valence-electron chi connectivity index (χ0n) is 8.48. The zero-order chi connectivity index (χ0) is 10.6. The van der Waals surface area contributed by atoms with Crippen molar-refractivity contribution in [1.82, 2.24) is 0 Å². The predicted molar refractivity (Wildman–Crippen MR) is 62.1 cm³/mol. The van der Waals surface area contributed by atoms with Crippen LogP contribution in [0, 0.1) is 5.82 Å². The van der Waals surface area contributed by atoms with Crippen LogP contribution in [-0.4, -0.2) is 6.04 Å². The highest BCUT2D eigenvalue weighted by atomic mass is 79.9. The van der Waals surface area contributed by atoms with Crippen molar-refractivity contribution in [3.63, 3.8) is 0 Å². The van der Waals surface area contributed by atoms with Crippen molar-refractivity contribution in [2.75, 3.05) is 5.32 Å². The van der Waals surface area contributed by atoms with Crippen molar-refractivity contribution >= 4 is 21.6 Å². The quantitative estimate of drug-likeness (QED) is 0.855. The molecule has 0 bridgehead atoms. The lowest BCUT2D eigenvalue weighted by Gasteiger charge is -2.16. The number of anilines is 1. The Bertz CT molecular complexity index is 297. The van der Waals surface area contributed by atoms with Crippen molar-refractivity contribution in [3.8, 4) is 0 Å². The number of nitrogens with one attached hydrogen (secondary N) is 1. The Kier molecular flexibility index (Phi) is 4.39. The molecule has 0 spiro atoms. The van der Waals surface area contributed by atoms with Gasteiger partial charge < -0.3 is 5.32 Å². The summed E-state index contributed by atoms with van der Waals surface area (Å²) < 4.78 is 14.2. The highest BCUT2D eigenvalue weighted by Gasteiger charge is 2.07. The number of rotatable bonds is 4. The summed E-state index contributed by atoms with van der Waals surface area (Å²) in [5.41, 5.74) is 0.577. The second-order valence-corrected chi connectivity index (χ2v) is 4.20. The minimum atomic E-state index is -0.194. The fourth-order valence-electron chi connectivity index (χ4n) is 1.32. The predicted octanol–water partition coefficient (Wildman–Crippen LogP) is 4.19. The smallest absolute Gasteiger partial charge is 0.146 e. The maximum absolute atomic E-state index is 13.3. The summed E-state index contributed by atoms with van der Waals surface area (Å²) in [5.74, 6) is -0.194. The molecule has 0 saturated carbocycles. The maximum Gasteiger partial charge on any atom is 0.146 e. The van der Waals surface area contributed by atoms with Gasteiger partial charge in [-0.25, -0.2) is 4.39 Å². The molecule has 14 heavy (non-hydrogen) atoms. The molecule has 1 nitrogen and oxygen atoms in total. The first-order valence-corrected chi connectivity index (χ1v) is 5.68. The van der Waals surface area contributed by atoms with Gasteiger partial charge in [0, 0.05) is 10.5 Å². The number of hydrogen-bond acceptors (Lipinski definition) is 1. The summed E-state index contributed by atoms with van der Waals surface area (Å²) in [5, 5.41) is 3.18. The minimum Gasteiger partial charge on any atom is -0.380 e. The molecular weight excluding hydrogens is 245 g/mol. The van der Waals surface area contributed by atoms with Crippen LogP contribution in [0.15, 0.2) is 22.7 Å². The van der Waals surface area contributed by atoms with E-state index < -0.39 is 0 Å². The molecule has 1 rings (SSSR count). The molecule has 0 amide bonds. The Morgan fingerprint density at radius 2 is 2.00 bits per heavy atom. The van der Waals surface area contributed by atoms with Gasteiger partial charge in [0.15, 0.2) is 0 Å². The Balaban J connectivity index is 2.79. The van der Waals surface area contributed by atoms with Gasteiger partial charge in [0.25, 0.3) is 0 Å². The summed E-state index contributed by atoms with van der Waals surface area (Å²) in [6, 6.07) is 5.29. The molecule has 0 aliphatic carbocycles. The van der Waals surface area contributed by atoms with Gasteiger partial charge in [0.2, 0.25) is 0 Å². The van der Waals surface area contributed by atoms with Crippen LogP contribution >= 0.6 is 15.9 Å². The zero-order valence-corrected chi connectivity index (χ0v) is 10.1. The summed E-state index contributed by atoms with van der Waals surface area (Å²) >= 11 is 3.32. The standard InChI is InChI=1S/C11H15BrFN/c1-3-9(4-2)14-11-7-8(12)5-6-10(11)13/h5-7,9,14H,3-4H2,1-2H3. The van der Waals surface area contributed by atoms with Crippen molar-refractivity contribution in [1.29, 1.82) is 0 Å². The molecule has 1 N–H and O–H groups in total. The Morgan fingerprint density at radius 1 is 1.36 bits per heavy atom. The molecule has 3 heteroatoms. The van der Waals surface area contributed by atoms with Crippen molar-refractivity contribution in [2.45, 2.75) is 32.7 Å². The van der Waals surface area contributed by atoms with Crippen LogP contribution in [0.5, 0.6) is 0 Å². The molecule has 0 heterocycles. The van der Waals surface area contributed by atoms with E-state index in [2.05, 4.69) is 35.1 Å². The summed E-state index contributed by atoms with van der Waals surface area (Å²) in [6.07, 6.45) is 2.00. The van der Waals surface area contributed by atoms with Crippen molar-refractivity contribution in [2.24, 2.45) is 0 Å². The number of benzene rings is 1. The van der Waals surface area contributed by atoms with Gasteiger partial charge in [-0.2, -0.15) is 0 Å². The second kappa shape index (κ2) is 5.35. The van der Waals surface area contributed by atoms with Crippen LogP contribution in [0.2, 0.25) is 0 Å². The third-order valence-electron chi connectivity index (χ3n) is 2.27. The van der Waals surface area contributed by atoms with Gasteiger partial charge in [0.05, 0.1) is 5.69 Å². The van der Waals surface area contributed by atoms with Gasteiger partial charge in [-0.3, -0.25) is 0 Å². The second-order valence-electron chi connectivity index (χ2n) is 3.28. The Labute approximate surface area is 92.8 Å². The summed E-state index contributed by atoms with van der Waals surface area (Å²) in [7, 11) is 0. The Hall–Kier alpha value is -0.570. The summed E-state index contributed by atoms with van der Waals surface area (Å²) in [4.78, 5) is 0. The van der Waals surface area contributed by atoms with E-state index in [-0.39, 0.29) is 5.82 Å². The normalized spacial score (nSPS) is 10.6. The van der Waals surface area contributed by atoms with E-state index >= 15 is 0 Å². The molecule has 0 radical (unpaired) electrons. The molecular formula is C11H15BrFN. The molecule has 0 aliphatic rings. The lowest BCUT2D eigenvalue weighted by atomic mass is 10.1. The van der Waals surface area contributed by atoms with Gasteiger partial charge in [0.1, 0.15) is 5.82 Å². The molecule has 1 aromatic rings. The lowest BCUT2D eigenvalue weighted by Crippen LogP contribution is -2.17. The van der Waals surface area contributed by atoms with E-state index in [4.69, 9.17) is 0 Å². The van der Waals surface area contributed by atoms with Crippen molar-refractivity contribution < 1.29 is 4.39 Å². The monoisotopic (exact) mass is 259 g/mol. The summed E-state index contributed by atoms with van der Waals surface area (Å²) in [6.45, 7) is 4.19. The molecule has 0 saturated heterocycles. The fourth-order valence-corrected chi connectivity index (χ4v) is 1.68. The Morgan fingerprint density at radius 3 is 2.57 bits per heavy atom. The molecule has 0 atom stereocenters. The average Bonchev–Trinajstić information content (AvgIpc) is 2.19. The molecule has 0 unspecified atom stereocenters. The first-order chi connectivity index (χ1) is 6.67. The minimum absolute atomic E-state index is 0.194. The molecule has 0 aromatic heterocycles. The van der Waals surface area contributed by atoms with E-state index in [1.54, 1.807) is 12.1 Å². The van der Waals surface area contributed by atoms with Crippen LogP contribution in [-0.2, 0) is 0 Å². The van der Waals surface area contributed by atoms with E-state index in [0.717, 1.165) is 17.3 Å². The van der Waals surface area contributed by atoms with Gasteiger partial charge in [-0.1, -0.05) is 29.8 Å². The van der Waals surface area contributed by atoms with Crippen molar-refractivity contribution in [3.05, 3.63) is 28.5 Å². The van der Waals surface area contributed by atoms with E-state index in [0.29, 0.717) is 11.7 Å². The highest BCUT2D eigenvalue weighted by Crippen LogP contribution is 2.21. The van der Waals surface area contributed by atoms with Gasteiger partial charge in [-0.15, -0.1) is 0 Å². The van der Waals surface area contributed by atoms with E-state index in [1.165, 1.54) is 6.07 Å². The average molecular weight is 260 g/mol. The molecule has 0 aliphatic heterocycles. The maximum atomic E-state index is 13.3. The van der Waals surface area contributed by atoms with Crippen LogP contribution in [0.4, 0.5) is 10.1 Å². The first-order valence-electron chi connectivity index (χ1n) is 4.89.